The highest BCUT2D eigenvalue weighted by Crippen LogP contribution is 2.25. The van der Waals surface area contributed by atoms with Crippen LogP contribution in [0.15, 0.2) is 0 Å². The smallest absolute Gasteiger partial charge is 0.271 e. The van der Waals surface area contributed by atoms with Crippen LogP contribution in [0.25, 0.3) is 0 Å². The molecule has 0 saturated heterocycles. The molecule has 0 spiro atoms. The zero-order valence-electron chi connectivity index (χ0n) is 11.2. The first kappa shape index (κ1) is 13.4. The van der Waals surface area contributed by atoms with Gasteiger partial charge in [0.2, 0.25) is 0 Å². The van der Waals surface area contributed by atoms with Crippen molar-refractivity contribution >= 4 is 17.5 Å². The van der Waals surface area contributed by atoms with Crippen molar-refractivity contribution in [1.82, 2.24) is 15.1 Å². The topological polar surface area (TPSA) is 46.9 Å². The molecule has 18 heavy (non-hydrogen) atoms. The number of hydrogen-bond acceptors (Lipinski definition) is 2. The first-order valence-electron chi connectivity index (χ1n) is 6.50. The Labute approximate surface area is 113 Å². The summed E-state index contributed by atoms with van der Waals surface area (Å²) >= 11 is 6.12. The van der Waals surface area contributed by atoms with Crippen LogP contribution in [0.3, 0.4) is 0 Å². The second-order valence-corrected chi connectivity index (χ2v) is 5.59. The third kappa shape index (κ3) is 2.53. The molecule has 5 heteroatoms. The summed E-state index contributed by atoms with van der Waals surface area (Å²) in [6.07, 6.45) is 4.69. The lowest BCUT2D eigenvalue weighted by molar-refractivity contribution is 0.0901. The van der Waals surface area contributed by atoms with E-state index in [0.717, 1.165) is 6.42 Å². The largest absolute Gasteiger partial charge is 0.348 e. The van der Waals surface area contributed by atoms with E-state index in [4.69, 9.17) is 11.6 Å². The molecular formula is C13H20ClN3O. The first-order valence-corrected chi connectivity index (χ1v) is 6.88. The van der Waals surface area contributed by atoms with Crippen molar-refractivity contribution < 1.29 is 4.79 Å². The third-order valence-corrected chi connectivity index (χ3v) is 4.24. The third-order valence-electron chi connectivity index (χ3n) is 3.79. The highest BCUT2D eigenvalue weighted by atomic mass is 35.5. The van der Waals surface area contributed by atoms with E-state index in [1.165, 1.54) is 19.3 Å². The number of aromatic nitrogens is 2. The quantitative estimate of drug-likeness (QED) is 0.897. The van der Waals surface area contributed by atoms with Crippen molar-refractivity contribution in [2.24, 2.45) is 13.0 Å². The number of carbonyl (C=O) groups excluding carboxylic acids is 1. The Bertz CT molecular complexity index is 455. The van der Waals surface area contributed by atoms with E-state index in [1.807, 2.05) is 6.92 Å². The predicted molar refractivity (Wildman–Crippen MR) is 71.8 cm³/mol. The molecule has 1 aliphatic carbocycles. The molecule has 1 fully saturated rings. The van der Waals surface area contributed by atoms with Gasteiger partial charge in [-0.25, -0.2) is 0 Å². The van der Waals surface area contributed by atoms with Gasteiger partial charge in [0.15, 0.2) is 0 Å². The summed E-state index contributed by atoms with van der Waals surface area (Å²) in [7, 11) is 1.75. The van der Waals surface area contributed by atoms with Crippen molar-refractivity contribution in [2.45, 2.75) is 45.6 Å². The van der Waals surface area contributed by atoms with Crippen LogP contribution in [-0.2, 0) is 7.05 Å². The molecule has 2 unspecified atom stereocenters. The van der Waals surface area contributed by atoms with Gasteiger partial charge >= 0.3 is 0 Å². The summed E-state index contributed by atoms with van der Waals surface area (Å²) < 4.78 is 1.56. The molecule has 1 aromatic rings. The number of halogens is 1. The monoisotopic (exact) mass is 269 g/mol. The Kier molecular flexibility index (Phi) is 3.95. The fourth-order valence-electron chi connectivity index (χ4n) is 2.65. The van der Waals surface area contributed by atoms with Gasteiger partial charge < -0.3 is 5.32 Å². The molecule has 0 aromatic carbocycles. The van der Waals surface area contributed by atoms with Crippen LogP contribution in [0.5, 0.6) is 0 Å². The minimum absolute atomic E-state index is 0.109. The van der Waals surface area contributed by atoms with Gasteiger partial charge in [0.1, 0.15) is 5.69 Å². The van der Waals surface area contributed by atoms with E-state index in [0.29, 0.717) is 22.3 Å². The highest BCUT2D eigenvalue weighted by Gasteiger charge is 2.26. The number of rotatable bonds is 2. The van der Waals surface area contributed by atoms with Crippen LogP contribution in [0.2, 0.25) is 5.02 Å². The molecule has 1 aromatic heterocycles. The SMILES string of the molecule is Cc1nn(C)c(C(=O)NC2CCCCC2C)c1Cl. The summed E-state index contributed by atoms with van der Waals surface area (Å²) in [5, 5.41) is 7.72. The number of amides is 1. The molecule has 100 valence electrons. The molecule has 1 N–H and O–H groups in total. The second-order valence-electron chi connectivity index (χ2n) is 5.21. The summed E-state index contributed by atoms with van der Waals surface area (Å²) in [6.45, 7) is 4.00. The number of carbonyl (C=O) groups is 1. The minimum atomic E-state index is -0.109. The minimum Gasteiger partial charge on any atom is -0.348 e. The van der Waals surface area contributed by atoms with Gasteiger partial charge in [-0.15, -0.1) is 0 Å². The molecule has 0 aliphatic heterocycles. The molecule has 1 heterocycles. The standard InChI is InChI=1S/C13H20ClN3O/c1-8-6-4-5-7-10(8)15-13(18)12-11(14)9(2)16-17(12)3/h8,10H,4-7H2,1-3H3,(H,15,18). The molecule has 0 radical (unpaired) electrons. The predicted octanol–water partition coefficient (Wildman–Crippen LogP) is 2.69. The zero-order chi connectivity index (χ0) is 13.3. The van der Waals surface area contributed by atoms with Gasteiger partial charge in [-0.3, -0.25) is 9.48 Å². The molecule has 1 saturated carbocycles. The summed E-state index contributed by atoms with van der Waals surface area (Å²) in [6, 6.07) is 0.262. The molecule has 2 rings (SSSR count). The normalized spacial score (nSPS) is 24.0. The molecule has 2 atom stereocenters. The molecule has 1 aliphatic rings. The Morgan fingerprint density at radius 1 is 1.44 bits per heavy atom. The van der Waals surface area contributed by atoms with Crippen molar-refractivity contribution in [1.29, 1.82) is 0 Å². The van der Waals surface area contributed by atoms with Crippen LogP contribution in [-0.4, -0.2) is 21.7 Å². The van der Waals surface area contributed by atoms with Gasteiger partial charge in [-0.2, -0.15) is 5.10 Å². The lowest BCUT2D eigenvalue weighted by Gasteiger charge is -2.29. The highest BCUT2D eigenvalue weighted by molar-refractivity contribution is 6.34. The van der Waals surface area contributed by atoms with Gasteiger partial charge in [-0.05, 0) is 25.7 Å². The van der Waals surface area contributed by atoms with Crippen molar-refractivity contribution in [3.05, 3.63) is 16.4 Å². The molecular weight excluding hydrogens is 250 g/mol. The van der Waals surface area contributed by atoms with Crippen molar-refractivity contribution in [2.75, 3.05) is 0 Å². The maximum absolute atomic E-state index is 12.3. The van der Waals surface area contributed by atoms with Crippen molar-refractivity contribution in [3.63, 3.8) is 0 Å². The number of aryl methyl sites for hydroxylation is 2. The van der Waals surface area contributed by atoms with Crippen LogP contribution >= 0.6 is 11.6 Å². The second kappa shape index (κ2) is 5.31. The first-order chi connectivity index (χ1) is 8.50. The summed E-state index contributed by atoms with van der Waals surface area (Å²) in [5.41, 5.74) is 1.16. The fourth-order valence-corrected chi connectivity index (χ4v) is 2.89. The summed E-state index contributed by atoms with van der Waals surface area (Å²) in [4.78, 5) is 12.3. The van der Waals surface area contributed by atoms with E-state index in [9.17, 15) is 4.79 Å². The lowest BCUT2D eigenvalue weighted by Crippen LogP contribution is -2.41. The molecule has 0 bridgehead atoms. The lowest BCUT2D eigenvalue weighted by atomic mass is 9.86. The fraction of sp³-hybridized carbons (Fsp3) is 0.692. The Morgan fingerprint density at radius 2 is 2.11 bits per heavy atom. The zero-order valence-corrected chi connectivity index (χ0v) is 11.9. The van der Waals surface area contributed by atoms with E-state index in [-0.39, 0.29) is 11.9 Å². The van der Waals surface area contributed by atoms with Crippen LogP contribution in [0.4, 0.5) is 0 Å². The Balaban J connectivity index is 2.12. The van der Waals surface area contributed by atoms with E-state index < -0.39 is 0 Å². The molecule has 4 nitrogen and oxygen atoms in total. The van der Waals surface area contributed by atoms with Crippen LogP contribution < -0.4 is 5.32 Å². The molecule has 1 amide bonds. The Hall–Kier alpha value is -1.03. The Morgan fingerprint density at radius 3 is 2.67 bits per heavy atom. The average molecular weight is 270 g/mol. The van der Waals surface area contributed by atoms with Gasteiger partial charge in [-0.1, -0.05) is 31.4 Å². The van der Waals surface area contributed by atoms with E-state index in [2.05, 4.69) is 17.3 Å². The maximum Gasteiger partial charge on any atom is 0.271 e. The van der Waals surface area contributed by atoms with Crippen LogP contribution in [0.1, 0.15) is 48.8 Å². The van der Waals surface area contributed by atoms with Crippen LogP contribution in [0, 0.1) is 12.8 Å². The number of nitrogens with one attached hydrogen (secondary N) is 1. The van der Waals surface area contributed by atoms with Gasteiger partial charge in [0.05, 0.1) is 10.7 Å². The maximum atomic E-state index is 12.3. The van der Waals surface area contributed by atoms with E-state index in [1.54, 1.807) is 11.7 Å². The van der Waals surface area contributed by atoms with Gasteiger partial charge in [0.25, 0.3) is 5.91 Å². The average Bonchev–Trinajstić information content (AvgIpc) is 2.56. The number of hydrogen-bond donors (Lipinski definition) is 1. The van der Waals surface area contributed by atoms with Gasteiger partial charge in [0, 0.05) is 13.1 Å². The summed E-state index contributed by atoms with van der Waals surface area (Å²) in [5.74, 6) is 0.428. The van der Waals surface area contributed by atoms with E-state index >= 15 is 0 Å². The number of nitrogens with zero attached hydrogens (tertiary/aromatic N) is 2. The van der Waals surface area contributed by atoms with Crippen molar-refractivity contribution in [3.8, 4) is 0 Å².